The third-order valence-electron chi connectivity index (χ3n) is 7.48. The molecule has 3 aliphatic rings. The molecule has 0 spiro atoms. The molecule has 2 heterocycles. The van der Waals surface area contributed by atoms with Crippen molar-refractivity contribution < 1.29 is 9.47 Å². The number of ether oxygens (including phenoxy) is 2. The summed E-state index contributed by atoms with van der Waals surface area (Å²) in [5, 5.41) is 22.2. The predicted molar refractivity (Wildman–Crippen MR) is 152 cm³/mol. The Morgan fingerprint density at radius 1 is 1.07 bits per heavy atom. The average molecular weight is 572 g/mol. The lowest BCUT2D eigenvalue weighted by molar-refractivity contribution is -0.0665. The van der Waals surface area contributed by atoms with Gasteiger partial charge >= 0.3 is 0 Å². The Balaban J connectivity index is 1.42. The van der Waals surface area contributed by atoms with E-state index in [9.17, 15) is 5.26 Å². The van der Waals surface area contributed by atoms with Crippen LogP contribution in [0.4, 0.5) is 5.95 Å². The number of hydrogen-bond acceptors (Lipinski definition) is 8. The molecule has 4 aromatic rings. The fourth-order valence-electron chi connectivity index (χ4n) is 5.63. The van der Waals surface area contributed by atoms with Gasteiger partial charge in [0.1, 0.15) is 11.6 Å². The fraction of sp³-hybridized carbons (Fsp3) is 0.276. The number of rotatable bonds is 8. The van der Waals surface area contributed by atoms with Gasteiger partial charge in [0.15, 0.2) is 16.9 Å². The van der Waals surface area contributed by atoms with Crippen molar-refractivity contribution >= 4 is 46.4 Å². The lowest BCUT2D eigenvalue weighted by Crippen LogP contribution is -2.70. The zero-order valence-electron chi connectivity index (χ0n) is 21.7. The predicted octanol–water partition coefficient (Wildman–Crippen LogP) is 6.69. The molecular formula is C29H23Cl2N7O2. The topological polar surface area (TPSA) is 122 Å². The summed E-state index contributed by atoms with van der Waals surface area (Å²) in [4.78, 5) is 14.2. The summed E-state index contributed by atoms with van der Waals surface area (Å²) >= 11 is 13.2. The maximum atomic E-state index is 9.42. The molecule has 200 valence electrons. The van der Waals surface area contributed by atoms with Gasteiger partial charge in [-0.2, -0.15) is 20.5 Å². The van der Waals surface area contributed by atoms with E-state index in [0.29, 0.717) is 29.2 Å². The molecule has 3 aliphatic carbocycles. The van der Waals surface area contributed by atoms with E-state index in [4.69, 9.17) is 52.9 Å². The van der Waals surface area contributed by atoms with Crippen molar-refractivity contribution in [3.05, 3.63) is 69.5 Å². The van der Waals surface area contributed by atoms with Crippen molar-refractivity contribution in [2.24, 2.45) is 5.41 Å². The number of nitriles is 2. The number of methoxy groups -OCH3 is 1. The van der Waals surface area contributed by atoms with Gasteiger partial charge in [-0.15, -0.1) is 0 Å². The van der Waals surface area contributed by atoms with Crippen LogP contribution in [0.2, 0.25) is 10.0 Å². The van der Waals surface area contributed by atoms with E-state index in [-0.39, 0.29) is 32.6 Å². The minimum atomic E-state index is -0.226. The van der Waals surface area contributed by atoms with Crippen molar-refractivity contribution in [2.75, 3.05) is 12.4 Å². The van der Waals surface area contributed by atoms with E-state index in [1.165, 1.54) is 6.08 Å². The molecule has 0 atom stereocenters. The second-order valence-corrected chi connectivity index (χ2v) is 11.1. The van der Waals surface area contributed by atoms with Crippen LogP contribution in [0.3, 0.4) is 0 Å². The van der Waals surface area contributed by atoms with Crippen LogP contribution in [0, 0.1) is 35.0 Å². The van der Waals surface area contributed by atoms with Crippen LogP contribution in [0.1, 0.15) is 36.2 Å². The number of aryl methyl sites for hydroxylation is 1. The molecule has 0 unspecified atom stereocenters. The molecular weight excluding hydrogens is 549 g/mol. The molecule has 3 saturated carbocycles. The first-order valence-corrected chi connectivity index (χ1v) is 13.3. The number of nitrogens with zero attached hydrogens (tertiary/aromatic N) is 6. The summed E-state index contributed by atoms with van der Waals surface area (Å²) in [6.45, 7) is 2.39. The monoisotopic (exact) mass is 571 g/mol. The Kier molecular flexibility index (Phi) is 6.29. The van der Waals surface area contributed by atoms with Crippen molar-refractivity contribution in [3.63, 3.8) is 0 Å². The second-order valence-electron chi connectivity index (χ2n) is 10.3. The van der Waals surface area contributed by atoms with Crippen LogP contribution in [0.5, 0.6) is 17.4 Å². The van der Waals surface area contributed by atoms with Gasteiger partial charge in [-0.25, -0.2) is 4.98 Å². The Hall–Kier alpha value is -4.31. The molecule has 2 aromatic carbocycles. The molecule has 7 rings (SSSR count). The lowest BCUT2D eigenvalue weighted by Gasteiger charge is -2.66. The highest BCUT2D eigenvalue weighted by atomic mass is 35.5. The normalized spacial score (nSPS) is 20.9. The summed E-state index contributed by atoms with van der Waals surface area (Å²) in [5.74, 6) is 2.33. The van der Waals surface area contributed by atoms with E-state index < -0.39 is 0 Å². The van der Waals surface area contributed by atoms with Crippen molar-refractivity contribution in [2.45, 2.75) is 38.3 Å². The third kappa shape index (κ3) is 4.48. The maximum absolute atomic E-state index is 9.42. The number of allylic oxidation sites excluding steroid dienone is 1. The average Bonchev–Trinajstić information content (AvgIpc) is 3.21. The smallest absolute Gasteiger partial charge is 0.250 e. The molecule has 0 radical (unpaired) electrons. The largest absolute Gasteiger partial charge is 0.497 e. The summed E-state index contributed by atoms with van der Waals surface area (Å²) < 4.78 is 13.6. The Bertz CT molecular complexity index is 1720. The standard InChI is InChI=1S/C29H23Cl2N7O2/c1-17-34-25-23(38(17)12-18-5-7-20(39-2)8-6-18)26(36-27(35-25)37-29-13-28(14-29,15-29)16-33)40-24-21(30)10-19(4-3-9-32)11-22(24)31/h3-8,10-11H,12-15H2,1-2H3,(H,35,36,37)/b4-3+. The highest BCUT2D eigenvalue weighted by Gasteiger charge is 2.69. The summed E-state index contributed by atoms with van der Waals surface area (Å²) in [6, 6.07) is 15.5. The summed E-state index contributed by atoms with van der Waals surface area (Å²) in [6.07, 6.45) is 5.23. The van der Waals surface area contributed by atoms with Crippen LogP contribution in [0.25, 0.3) is 17.2 Å². The number of aromatic nitrogens is 4. The molecule has 2 aromatic heterocycles. The Morgan fingerprint density at radius 3 is 2.40 bits per heavy atom. The van der Waals surface area contributed by atoms with E-state index in [0.717, 1.165) is 36.4 Å². The van der Waals surface area contributed by atoms with E-state index in [1.54, 1.807) is 25.3 Å². The number of anilines is 1. The zero-order valence-corrected chi connectivity index (χ0v) is 23.2. The van der Waals surface area contributed by atoms with Gasteiger partial charge in [0.05, 0.1) is 34.7 Å². The number of imidazole rings is 1. The maximum Gasteiger partial charge on any atom is 0.250 e. The quantitative estimate of drug-likeness (QED) is 0.232. The molecule has 0 aliphatic heterocycles. The van der Waals surface area contributed by atoms with Gasteiger partial charge in [-0.05, 0) is 67.7 Å². The minimum absolute atomic E-state index is 0.189. The number of nitrogens with one attached hydrogen (secondary N) is 1. The third-order valence-corrected chi connectivity index (χ3v) is 8.04. The van der Waals surface area contributed by atoms with Crippen LogP contribution >= 0.6 is 23.2 Å². The van der Waals surface area contributed by atoms with Gasteiger partial charge in [0.2, 0.25) is 5.95 Å². The first-order valence-electron chi connectivity index (χ1n) is 12.6. The Morgan fingerprint density at radius 2 is 1.77 bits per heavy atom. The number of fused-ring (bicyclic) bond motifs is 1. The molecule has 2 bridgehead atoms. The number of hydrogen-bond donors (Lipinski definition) is 1. The summed E-state index contributed by atoms with van der Waals surface area (Å²) in [5.41, 5.74) is 2.32. The van der Waals surface area contributed by atoms with Crippen LogP contribution in [0.15, 0.2) is 42.5 Å². The first kappa shape index (κ1) is 25.9. The van der Waals surface area contributed by atoms with Crippen LogP contribution in [-0.4, -0.2) is 32.2 Å². The molecule has 11 heteroatoms. The van der Waals surface area contributed by atoms with Crippen LogP contribution in [-0.2, 0) is 6.54 Å². The first-order chi connectivity index (χ1) is 19.3. The zero-order chi connectivity index (χ0) is 28.1. The van der Waals surface area contributed by atoms with Gasteiger partial charge in [-0.3, -0.25) is 0 Å². The molecule has 0 amide bonds. The number of halogens is 2. The van der Waals surface area contributed by atoms with Gasteiger partial charge in [0.25, 0.3) is 5.88 Å². The van der Waals surface area contributed by atoms with E-state index >= 15 is 0 Å². The van der Waals surface area contributed by atoms with Crippen molar-refractivity contribution in [3.8, 4) is 29.5 Å². The highest BCUT2D eigenvalue weighted by molar-refractivity contribution is 6.37. The second kappa shape index (κ2) is 9.71. The SMILES string of the molecule is COc1ccc(Cn2c(C)nc3nc(NC45CC(C#N)(C4)C5)nc(Oc4c(Cl)cc(/C=C/C#N)cc4Cl)c32)cc1. The van der Waals surface area contributed by atoms with Crippen molar-refractivity contribution in [1.82, 2.24) is 19.5 Å². The van der Waals surface area contributed by atoms with E-state index in [2.05, 4.69) is 11.4 Å². The van der Waals surface area contributed by atoms with Crippen LogP contribution < -0.4 is 14.8 Å². The van der Waals surface area contributed by atoms with Gasteiger partial charge in [-0.1, -0.05) is 35.3 Å². The van der Waals surface area contributed by atoms with E-state index in [1.807, 2.05) is 41.8 Å². The fourth-order valence-corrected chi connectivity index (χ4v) is 6.21. The molecule has 0 saturated heterocycles. The Labute approximate surface area is 240 Å². The molecule has 40 heavy (non-hydrogen) atoms. The van der Waals surface area contributed by atoms with Gasteiger partial charge in [0, 0.05) is 18.2 Å². The summed E-state index contributed by atoms with van der Waals surface area (Å²) in [7, 11) is 1.63. The minimum Gasteiger partial charge on any atom is -0.497 e. The molecule has 3 fully saturated rings. The highest BCUT2D eigenvalue weighted by Crippen LogP contribution is 2.67. The van der Waals surface area contributed by atoms with Crippen molar-refractivity contribution in [1.29, 1.82) is 10.5 Å². The molecule has 1 N–H and O–H groups in total. The van der Waals surface area contributed by atoms with Gasteiger partial charge < -0.3 is 19.4 Å². The lowest BCUT2D eigenvalue weighted by atomic mass is 9.40. The molecule has 9 nitrogen and oxygen atoms in total. The number of benzene rings is 2.